The molecule has 29 heavy (non-hydrogen) atoms. The minimum absolute atomic E-state index is 0.0421. The van der Waals surface area contributed by atoms with Gasteiger partial charge >= 0.3 is 6.03 Å². The summed E-state index contributed by atoms with van der Waals surface area (Å²) in [6, 6.07) is 12.0. The van der Waals surface area contributed by atoms with Gasteiger partial charge in [0.2, 0.25) is 0 Å². The maximum Gasteiger partial charge on any atom is 0.317 e. The molecule has 2 aliphatic heterocycles. The first-order valence-corrected chi connectivity index (χ1v) is 9.96. The molecule has 2 saturated heterocycles. The van der Waals surface area contributed by atoms with Gasteiger partial charge in [0.15, 0.2) is 0 Å². The Labute approximate surface area is 170 Å². The number of aryl methyl sites for hydroxylation is 1. The molecule has 0 aliphatic carbocycles. The molecule has 7 heteroatoms. The molecular weight excluding hydrogens is 373 g/mol. The topological polar surface area (TPSA) is 54.0 Å². The van der Waals surface area contributed by atoms with Gasteiger partial charge in [0.25, 0.3) is 0 Å². The first-order valence-electron chi connectivity index (χ1n) is 9.96. The zero-order valence-electron chi connectivity index (χ0n) is 16.6. The van der Waals surface area contributed by atoms with Gasteiger partial charge < -0.3 is 19.7 Å². The molecule has 4 rings (SSSR count). The molecule has 2 aliphatic rings. The van der Waals surface area contributed by atoms with Crippen molar-refractivity contribution in [1.29, 1.82) is 0 Å². The van der Waals surface area contributed by atoms with Crippen LogP contribution in [-0.4, -0.2) is 61.3 Å². The van der Waals surface area contributed by atoms with Crippen LogP contribution in [0.15, 0.2) is 42.5 Å². The molecular formula is C22H26FN3O3. The molecule has 2 aromatic rings. The molecule has 6 nitrogen and oxygen atoms in total. The fourth-order valence-corrected chi connectivity index (χ4v) is 3.79. The Balaban J connectivity index is 1.31. The van der Waals surface area contributed by atoms with Gasteiger partial charge in [-0.2, -0.15) is 0 Å². The van der Waals surface area contributed by atoms with E-state index in [1.807, 2.05) is 30.0 Å². The van der Waals surface area contributed by atoms with Crippen LogP contribution in [0.3, 0.4) is 0 Å². The summed E-state index contributed by atoms with van der Waals surface area (Å²) in [5.41, 5.74) is 1.95. The predicted octanol–water partition coefficient (Wildman–Crippen LogP) is 3.15. The molecule has 2 aromatic carbocycles. The number of morpholine rings is 1. The van der Waals surface area contributed by atoms with Crippen LogP contribution < -0.4 is 10.1 Å². The smallest absolute Gasteiger partial charge is 0.317 e. The van der Waals surface area contributed by atoms with Crippen LogP contribution in [0.5, 0.6) is 11.5 Å². The lowest BCUT2D eigenvalue weighted by Crippen LogP contribution is -2.60. The Morgan fingerprint density at radius 1 is 1.21 bits per heavy atom. The average Bonchev–Trinajstić information content (AvgIpc) is 2.75. The highest BCUT2D eigenvalue weighted by Gasteiger charge is 2.31. The summed E-state index contributed by atoms with van der Waals surface area (Å²) in [4.78, 5) is 16.8. The van der Waals surface area contributed by atoms with Gasteiger partial charge in [-0.1, -0.05) is 12.1 Å². The van der Waals surface area contributed by atoms with Crippen molar-refractivity contribution >= 4 is 6.03 Å². The van der Waals surface area contributed by atoms with Crippen molar-refractivity contribution < 1.29 is 18.7 Å². The largest absolute Gasteiger partial charge is 0.457 e. The molecule has 1 N–H and O–H groups in total. The Kier molecular flexibility index (Phi) is 5.97. The number of carbonyl (C=O) groups excluding carboxylic acids is 1. The van der Waals surface area contributed by atoms with Crippen molar-refractivity contribution in [3.05, 3.63) is 59.4 Å². The van der Waals surface area contributed by atoms with E-state index in [0.29, 0.717) is 37.2 Å². The van der Waals surface area contributed by atoms with Crippen LogP contribution >= 0.6 is 0 Å². The van der Waals surface area contributed by atoms with Crippen LogP contribution in [0.25, 0.3) is 0 Å². The summed E-state index contributed by atoms with van der Waals surface area (Å²) in [6.45, 7) is 7.18. The van der Waals surface area contributed by atoms with E-state index >= 15 is 0 Å². The van der Waals surface area contributed by atoms with E-state index in [1.54, 1.807) is 12.1 Å². The number of urea groups is 1. The third-order valence-corrected chi connectivity index (χ3v) is 5.45. The Bertz CT molecular complexity index is 859. The van der Waals surface area contributed by atoms with Crippen molar-refractivity contribution in [2.24, 2.45) is 0 Å². The van der Waals surface area contributed by atoms with E-state index in [2.05, 4.69) is 10.2 Å². The number of piperazine rings is 1. The summed E-state index contributed by atoms with van der Waals surface area (Å²) in [6.07, 6.45) is 0. The van der Waals surface area contributed by atoms with E-state index in [9.17, 15) is 9.18 Å². The zero-order valence-corrected chi connectivity index (χ0v) is 16.6. The third kappa shape index (κ3) is 4.86. The minimum atomic E-state index is -0.294. The van der Waals surface area contributed by atoms with Gasteiger partial charge in [-0.25, -0.2) is 9.18 Å². The van der Waals surface area contributed by atoms with Crippen molar-refractivity contribution in [1.82, 2.24) is 15.1 Å². The summed E-state index contributed by atoms with van der Waals surface area (Å²) >= 11 is 0. The molecule has 0 spiro atoms. The molecule has 154 valence electrons. The lowest BCUT2D eigenvalue weighted by Gasteiger charge is -2.43. The van der Waals surface area contributed by atoms with Crippen LogP contribution in [0, 0.1) is 12.7 Å². The van der Waals surface area contributed by atoms with E-state index in [-0.39, 0.29) is 11.8 Å². The maximum atomic E-state index is 13.0. The van der Waals surface area contributed by atoms with Gasteiger partial charge in [-0.3, -0.25) is 4.90 Å². The second-order valence-electron chi connectivity index (χ2n) is 7.53. The molecule has 2 heterocycles. The van der Waals surface area contributed by atoms with Crippen LogP contribution in [0.2, 0.25) is 0 Å². The fourth-order valence-electron chi connectivity index (χ4n) is 3.79. The monoisotopic (exact) mass is 399 g/mol. The first kappa shape index (κ1) is 19.7. The maximum absolute atomic E-state index is 13.0. The summed E-state index contributed by atoms with van der Waals surface area (Å²) in [5.74, 6) is 0.999. The molecule has 1 unspecified atom stereocenters. The van der Waals surface area contributed by atoms with Gasteiger partial charge in [-0.15, -0.1) is 0 Å². The predicted molar refractivity (Wildman–Crippen MR) is 108 cm³/mol. The molecule has 0 radical (unpaired) electrons. The van der Waals surface area contributed by atoms with E-state index < -0.39 is 0 Å². The summed E-state index contributed by atoms with van der Waals surface area (Å²) in [5, 5.41) is 3.01. The zero-order chi connectivity index (χ0) is 20.2. The number of amides is 2. The summed E-state index contributed by atoms with van der Waals surface area (Å²) < 4.78 is 24.4. The molecule has 2 fully saturated rings. The van der Waals surface area contributed by atoms with Gasteiger partial charge in [0.05, 0.1) is 19.3 Å². The van der Waals surface area contributed by atoms with Crippen molar-refractivity contribution in [2.75, 3.05) is 39.4 Å². The van der Waals surface area contributed by atoms with Gasteiger partial charge in [-0.05, 0) is 48.4 Å². The molecule has 1 atom stereocenters. The number of rotatable bonds is 4. The lowest BCUT2D eigenvalue weighted by molar-refractivity contribution is -0.0365. The van der Waals surface area contributed by atoms with Crippen molar-refractivity contribution in [3.8, 4) is 11.5 Å². The standard InChI is InChI=1S/C22H26FN3O3/c1-16-12-17(2-7-21(16)29-20-5-3-18(23)4-6-20)13-24-22(27)26-9-8-25-10-11-28-15-19(25)14-26/h2-7,12,19H,8-11,13-15H2,1H3,(H,24,27). The Morgan fingerprint density at radius 3 is 2.83 bits per heavy atom. The number of ether oxygens (including phenoxy) is 2. The number of hydrogen-bond acceptors (Lipinski definition) is 4. The normalized spacial score (nSPS) is 19.5. The SMILES string of the molecule is Cc1cc(CNC(=O)N2CCN3CCOCC3C2)ccc1Oc1ccc(F)cc1. The first-order chi connectivity index (χ1) is 14.1. The molecule has 2 amide bonds. The van der Waals surface area contributed by atoms with E-state index in [0.717, 1.165) is 37.4 Å². The highest BCUT2D eigenvalue weighted by molar-refractivity contribution is 5.74. The van der Waals surface area contributed by atoms with E-state index in [1.165, 1.54) is 12.1 Å². The number of nitrogens with one attached hydrogen (secondary N) is 1. The Hall–Kier alpha value is -2.64. The van der Waals surface area contributed by atoms with Gasteiger partial charge in [0, 0.05) is 32.7 Å². The van der Waals surface area contributed by atoms with Crippen molar-refractivity contribution in [2.45, 2.75) is 19.5 Å². The highest BCUT2D eigenvalue weighted by atomic mass is 19.1. The summed E-state index contributed by atoms with van der Waals surface area (Å²) in [7, 11) is 0. The fraction of sp³-hybridized carbons (Fsp3) is 0.409. The second-order valence-corrected chi connectivity index (χ2v) is 7.53. The second kappa shape index (κ2) is 8.80. The minimum Gasteiger partial charge on any atom is -0.457 e. The van der Waals surface area contributed by atoms with Crippen LogP contribution in [0.4, 0.5) is 9.18 Å². The number of fused-ring (bicyclic) bond motifs is 1. The van der Waals surface area contributed by atoms with Crippen molar-refractivity contribution in [3.63, 3.8) is 0 Å². The highest BCUT2D eigenvalue weighted by Crippen LogP contribution is 2.26. The average molecular weight is 399 g/mol. The number of hydrogen-bond donors (Lipinski definition) is 1. The number of nitrogens with zero attached hydrogens (tertiary/aromatic N) is 2. The lowest BCUT2D eigenvalue weighted by atomic mass is 10.1. The molecule has 0 aromatic heterocycles. The van der Waals surface area contributed by atoms with Gasteiger partial charge in [0.1, 0.15) is 17.3 Å². The number of carbonyl (C=O) groups is 1. The number of halogens is 1. The molecule has 0 bridgehead atoms. The quantitative estimate of drug-likeness (QED) is 0.858. The third-order valence-electron chi connectivity index (χ3n) is 5.45. The number of benzene rings is 2. The Morgan fingerprint density at radius 2 is 2.03 bits per heavy atom. The van der Waals surface area contributed by atoms with Crippen LogP contribution in [0.1, 0.15) is 11.1 Å². The van der Waals surface area contributed by atoms with E-state index in [4.69, 9.17) is 9.47 Å². The van der Waals surface area contributed by atoms with Crippen LogP contribution in [-0.2, 0) is 11.3 Å². The molecule has 0 saturated carbocycles.